The monoisotopic (exact) mass is 235 g/mol. The van der Waals surface area contributed by atoms with E-state index in [1.165, 1.54) is 6.07 Å². The summed E-state index contributed by atoms with van der Waals surface area (Å²) < 4.78 is 0. The summed E-state index contributed by atoms with van der Waals surface area (Å²) in [5.74, 6) is 0.189. The molecule has 0 atom stereocenters. The van der Waals surface area contributed by atoms with Crippen molar-refractivity contribution in [1.82, 2.24) is 0 Å². The summed E-state index contributed by atoms with van der Waals surface area (Å²) in [6, 6.07) is 11.4. The molecule has 0 aliphatic carbocycles. The molecule has 0 bridgehead atoms. The number of halogens is 1. The number of aromatic hydroxyl groups is 2. The average molecular weight is 236 g/mol. The van der Waals surface area contributed by atoms with Gasteiger partial charge in [0.1, 0.15) is 11.5 Å². The molecule has 3 N–H and O–H groups in total. The first-order valence-corrected chi connectivity index (χ1v) is 5.08. The highest BCUT2D eigenvalue weighted by atomic mass is 35.5. The van der Waals surface area contributed by atoms with Crippen molar-refractivity contribution in [2.24, 2.45) is 0 Å². The summed E-state index contributed by atoms with van der Waals surface area (Å²) in [7, 11) is 0. The fraction of sp³-hybridized carbons (Fsp3) is 0. The molecule has 4 heteroatoms. The number of phenolic OH excluding ortho intramolecular Hbond substituents is 2. The van der Waals surface area contributed by atoms with Gasteiger partial charge in [0.05, 0.1) is 11.4 Å². The number of rotatable bonds is 2. The molecular weight excluding hydrogens is 226 g/mol. The third-order valence-electron chi connectivity index (χ3n) is 2.13. The van der Waals surface area contributed by atoms with E-state index in [1.54, 1.807) is 36.4 Å². The lowest BCUT2D eigenvalue weighted by molar-refractivity contribution is 0.475. The Hall–Kier alpha value is -1.87. The third kappa shape index (κ3) is 2.20. The van der Waals surface area contributed by atoms with Crippen LogP contribution in [-0.4, -0.2) is 10.2 Å². The van der Waals surface area contributed by atoms with Crippen molar-refractivity contribution in [3.8, 4) is 11.5 Å². The van der Waals surface area contributed by atoms with Crippen molar-refractivity contribution >= 4 is 23.0 Å². The van der Waals surface area contributed by atoms with Crippen LogP contribution in [0.25, 0.3) is 0 Å². The SMILES string of the molecule is Oc1ccccc1Nc1cc(Cl)ccc1O. The minimum Gasteiger partial charge on any atom is -0.506 e. The topological polar surface area (TPSA) is 52.5 Å². The molecule has 16 heavy (non-hydrogen) atoms. The van der Waals surface area contributed by atoms with Crippen LogP contribution in [-0.2, 0) is 0 Å². The van der Waals surface area contributed by atoms with Crippen molar-refractivity contribution in [2.75, 3.05) is 5.32 Å². The fourth-order valence-corrected chi connectivity index (χ4v) is 1.50. The van der Waals surface area contributed by atoms with Gasteiger partial charge in [-0.1, -0.05) is 23.7 Å². The summed E-state index contributed by atoms with van der Waals surface area (Å²) in [5.41, 5.74) is 0.967. The molecule has 82 valence electrons. The summed E-state index contributed by atoms with van der Waals surface area (Å²) >= 11 is 5.81. The van der Waals surface area contributed by atoms with Crippen LogP contribution in [0.2, 0.25) is 5.02 Å². The second-order valence-electron chi connectivity index (χ2n) is 3.30. The zero-order valence-electron chi connectivity index (χ0n) is 8.31. The van der Waals surface area contributed by atoms with Gasteiger partial charge in [-0.25, -0.2) is 0 Å². The Balaban J connectivity index is 2.34. The smallest absolute Gasteiger partial charge is 0.139 e. The average Bonchev–Trinajstić information content (AvgIpc) is 2.27. The molecule has 0 fully saturated rings. The summed E-state index contributed by atoms with van der Waals surface area (Å²) in [6.45, 7) is 0. The molecule has 0 unspecified atom stereocenters. The van der Waals surface area contributed by atoms with E-state index in [4.69, 9.17) is 11.6 Å². The molecule has 0 aliphatic rings. The zero-order valence-corrected chi connectivity index (χ0v) is 9.07. The molecule has 0 amide bonds. The van der Waals surface area contributed by atoms with Crippen molar-refractivity contribution in [1.29, 1.82) is 0 Å². The van der Waals surface area contributed by atoms with Crippen LogP contribution >= 0.6 is 11.6 Å². The molecule has 0 heterocycles. The molecule has 0 radical (unpaired) electrons. The largest absolute Gasteiger partial charge is 0.506 e. The normalized spacial score (nSPS) is 10.1. The van der Waals surface area contributed by atoms with Gasteiger partial charge in [0, 0.05) is 5.02 Å². The number of benzene rings is 2. The van der Waals surface area contributed by atoms with E-state index in [0.717, 1.165) is 0 Å². The number of anilines is 2. The maximum Gasteiger partial charge on any atom is 0.139 e. The Morgan fingerprint density at radius 3 is 2.31 bits per heavy atom. The summed E-state index contributed by atoms with van der Waals surface area (Å²) in [5, 5.41) is 22.5. The molecule has 2 aromatic rings. The van der Waals surface area contributed by atoms with Gasteiger partial charge in [-0.05, 0) is 30.3 Å². The minimum absolute atomic E-state index is 0.0765. The number of para-hydroxylation sites is 2. The first kappa shape index (κ1) is 10.6. The van der Waals surface area contributed by atoms with Gasteiger partial charge >= 0.3 is 0 Å². The van der Waals surface area contributed by atoms with Gasteiger partial charge in [0.2, 0.25) is 0 Å². The lowest BCUT2D eigenvalue weighted by atomic mass is 10.2. The molecule has 0 spiro atoms. The van der Waals surface area contributed by atoms with E-state index < -0.39 is 0 Å². The van der Waals surface area contributed by atoms with Crippen LogP contribution in [0.15, 0.2) is 42.5 Å². The van der Waals surface area contributed by atoms with Crippen LogP contribution in [0.4, 0.5) is 11.4 Å². The number of phenols is 2. The molecule has 2 aromatic carbocycles. The Morgan fingerprint density at radius 2 is 1.56 bits per heavy atom. The van der Waals surface area contributed by atoms with Crippen LogP contribution < -0.4 is 5.32 Å². The lowest BCUT2D eigenvalue weighted by Crippen LogP contribution is -1.90. The van der Waals surface area contributed by atoms with E-state index in [9.17, 15) is 10.2 Å². The number of hydrogen-bond donors (Lipinski definition) is 3. The third-order valence-corrected chi connectivity index (χ3v) is 2.37. The van der Waals surface area contributed by atoms with Crippen LogP contribution in [0.1, 0.15) is 0 Å². The lowest BCUT2D eigenvalue weighted by Gasteiger charge is -2.09. The molecule has 0 aromatic heterocycles. The fourth-order valence-electron chi connectivity index (χ4n) is 1.33. The molecular formula is C12H10ClNO2. The van der Waals surface area contributed by atoms with E-state index in [2.05, 4.69) is 5.32 Å². The first-order chi connectivity index (χ1) is 7.66. The van der Waals surface area contributed by atoms with Crippen LogP contribution in [0, 0.1) is 0 Å². The maximum atomic E-state index is 9.58. The van der Waals surface area contributed by atoms with E-state index in [1.807, 2.05) is 0 Å². The van der Waals surface area contributed by atoms with Gasteiger partial charge in [-0.3, -0.25) is 0 Å². The van der Waals surface area contributed by atoms with Gasteiger partial charge < -0.3 is 15.5 Å². The highest BCUT2D eigenvalue weighted by Crippen LogP contribution is 2.32. The highest BCUT2D eigenvalue weighted by molar-refractivity contribution is 6.31. The molecule has 0 aliphatic heterocycles. The quantitative estimate of drug-likeness (QED) is 0.699. The zero-order chi connectivity index (χ0) is 11.5. The molecule has 3 nitrogen and oxygen atoms in total. The van der Waals surface area contributed by atoms with Crippen LogP contribution in [0.3, 0.4) is 0 Å². The highest BCUT2D eigenvalue weighted by Gasteiger charge is 2.04. The van der Waals surface area contributed by atoms with Crippen LogP contribution in [0.5, 0.6) is 11.5 Å². The Kier molecular flexibility index (Phi) is 2.88. The Morgan fingerprint density at radius 1 is 0.875 bits per heavy atom. The minimum atomic E-state index is 0.0765. The van der Waals surface area contributed by atoms with E-state index >= 15 is 0 Å². The summed E-state index contributed by atoms with van der Waals surface area (Å²) in [6.07, 6.45) is 0. The van der Waals surface area contributed by atoms with Crippen molar-refractivity contribution in [3.63, 3.8) is 0 Å². The van der Waals surface area contributed by atoms with Crippen molar-refractivity contribution in [3.05, 3.63) is 47.5 Å². The van der Waals surface area contributed by atoms with Gasteiger partial charge in [0.15, 0.2) is 0 Å². The first-order valence-electron chi connectivity index (χ1n) is 4.70. The standard InChI is InChI=1S/C12H10ClNO2/c13-8-5-6-12(16)10(7-8)14-9-3-1-2-4-11(9)15/h1-7,14-16H. The second kappa shape index (κ2) is 4.33. The second-order valence-corrected chi connectivity index (χ2v) is 3.74. The predicted octanol–water partition coefficient (Wildman–Crippen LogP) is 3.49. The van der Waals surface area contributed by atoms with Crippen molar-refractivity contribution < 1.29 is 10.2 Å². The number of hydrogen-bond acceptors (Lipinski definition) is 3. The predicted molar refractivity (Wildman–Crippen MR) is 64.5 cm³/mol. The van der Waals surface area contributed by atoms with E-state index in [0.29, 0.717) is 16.4 Å². The Labute approximate surface area is 97.9 Å². The number of nitrogens with one attached hydrogen (secondary N) is 1. The molecule has 0 saturated carbocycles. The maximum absolute atomic E-state index is 9.58. The molecule has 0 saturated heterocycles. The van der Waals surface area contributed by atoms with Crippen molar-refractivity contribution in [2.45, 2.75) is 0 Å². The van der Waals surface area contributed by atoms with Gasteiger partial charge in [-0.15, -0.1) is 0 Å². The Bertz CT molecular complexity index is 514. The van der Waals surface area contributed by atoms with Gasteiger partial charge in [0.25, 0.3) is 0 Å². The van der Waals surface area contributed by atoms with Gasteiger partial charge in [-0.2, -0.15) is 0 Å². The summed E-state index contributed by atoms with van der Waals surface area (Å²) in [4.78, 5) is 0. The van der Waals surface area contributed by atoms with E-state index in [-0.39, 0.29) is 11.5 Å². The molecule has 2 rings (SSSR count).